The van der Waals surface area contributed by atoms with Gasteiger partial charge >= 0.3 is 6.09 Å². The second-order valence-corrected chi connectivity index (χ2v) is 5.31. The minimum Gasteiger partial charge on any atom is -0.445 e. The number of primary amides is 1. The van der Waals surface area contributed by atoms with Crippen LogP contribution in [-0.2, 0) is 17.8 Å². The average Bonchev–Trinajstić information content (AvgIpc) is 2.60. The third-order valence-corrected chi connectivity index (χ3v) is 3.50. The molecule has 0 aliphatic heterocycles. The van der Waals surface area contributed by atoms with Crippen LogP contribution in [0.5, 0.6) is 0 Å². The Morgan fingerprint density at radius 3 is 2.42 bits per heavy atom. The van der Waals surface area contributed by atoms with Gasteiger partial charge in [-0.25, -0.2) is 4.79 Å². The minimum atomic E-state index is -0.630. The number of nitrogens with two attached hydrogens (primary N) is 1. The number of carbonyl (C=O) groups excluding carboxylic acids is 2. The van der Waals surface area contributed by atoms with E-state index in [4.69, 9.17) is 10.5 Å². The summed E-state index contributed by atoms with van der Waals surface area (Å²) in [6.45, 7) is -0.143. The molecule has 2 amide bonds. The van der Waals surface area contributed by atoms with Gasteiger partial charge in [0.1, 0.15) is 6.61 Å². The highest BCUT2D eigenvalue weighted by Gasteiger charge is 2.16. The van der Waals surface area contributed by atoms with Crippen molar-refractivity contribution in [2.75, 3.05) is 6.61 Å². The highest BCUT2D eigenvalue weighted by Crippen LogP contribution is 2.11. The highest BCUT2D eigenvalue weighted by molar-refractivity contribution is 5.94. The van der Waals surface area contributed by atoms with Crippen LogP contribution in [0.15, 0.2) is 54.6 Å². The number of ether oxygens (including phenoxy) is 1. The summed E-state index contributed by atoms with van der Waals surface area (Å²) in [6, 6.07) is 15.5. The molecule has 6 heteroatoms. The molecule has 0 saturated carbocycles. The van der Waals surface area contributed by atoms with Crippen LogP contribution in [0.1, 0.15) is 21.5 Å². The predicted octanol–water partition coefficient (Wildman–Crippen LogP) is 1.62. The smallest absolute Gasteiger partial charge is 0.407 e. The van der Waals surface area contributed by atoms with E-state index in [1.165, 1.54) is 0 Å². The van der Waals surface area contributed by atoms with Crippen molar-refractivity contribution >= 4 is 12.0 Å². The number of benzene rings is 2. The Hall–Kier alpha value is -2.86. The van der Waals surface area contributed by atoms with E-state index in [9.17, 15) is 14.7 Å². The third kappa shape index (κ3) is 5.10. The maximum absolute atomic E-state index is 11.9. The molecular formula is C18H20N2O4. The molecule has 6 nitrogen and oxygen atoms in total. The van der Waals surface area contributed by atoms with Gasteiger partial charge in [0, 0.05) is 5.56 Å². The summed E-state index contributed by atoms with van der Waals surface area (Å²) in [5, 5.41) is 12.1. The van der Waals surface area contributed by atoms with E-state index in [0.717, 1.165) is 5.56 Å². The van der Waals surface area contributed by atoms with Gasteiger partial charge in [0.2, 0.25) is 5.91 Å². The molecule has 126 valence electrons. The van der Waals surface area contributed by atoms with Crippen LogP contribution in [0.4, 0.5) is 4.79 Å². The number of hydrogen-bond donors (Lipinski definition) is 3. The second-order valence-electron chi connectivity index (χ2n) is 5.31. The Bertz CT molecular complexity index is 688. The van der Waals surface area contributed by atoms with Crippen LogP contribution in [0.2, 0.25) is 0 Å². The molecule has 0 aliphatic carbocycles. The van der Waals surface area contributed by atoms with Gasteiger partial charge < -0.3 is 20.9 Å². The van der Waals surface area contributed by atoms with Gasteiger partial charge in [-0.1, -0.05) is 48.5 Å². The standard InChI is InChI=1S/C18H20N2O4/c19-17(22)16-9-5-4-8-14(16)10-15(11-21)20-18(23)24-12-13-6-2-1-3-7-13/h1-9,15,21H,10-12H2,(H2,19,22)(H,20,23)/t15-/m0/s1. The second kappa shape index (κ2) is 8.69. The first-order valence-electron chi connectivity index (χ1n) is 7.56. The highest BCUT2D eigenvalue weighted by atomic mass is 16.5. The number of amides is 2. The number of aliphatic hydroxyl groups is 1. The Balaban J connectivity index is 1.92. The van der Waals surface area contributed by atoms with E-state index in [0.29, 0.717) is 11.1 Å². The van der Waals surface area contributed by atoms with E-state index >= 15 is 0 Å². The number of rotatable bonds is 7. The number of carbonyl (C=O) groups is 2. The van der Waals surface area contributed by atoms with E-state index in [2.05, 4.69) is 5.32 Å². The van der Waals surface area contributed by atoms with E-state index in [1.54, 1.807) is 24.3 Å². The summed E-state index contributed by atoms with van der Waals surface area (Å²) >= 11 is 0. The van der Waals surface area contributed by atoms with Crippen molar-refractivity contribution in [3.05, 3.63) is 71.3 Å². The number of alkyl carbamates (subject to hydrolysis) is 1. The van der Waals surface area contributed by atoms with Crippen molar-refractivity contribution in [1.29, 1.82) is 0 Å². The summed E-state index contributed by atoms with van der Waals surface area (Å²) in [6.07, 6.45) is -0.356. The van der Waals surface area contributed by atoms with Crippen molar-refractivity contribution in [3.8, 4) is 0 Å². The summed E-state index contributed by atoms with van der Waals surface area (Å²) in [4.78, 5) is 23.3. The fraction of sp³-hybridized carbons (Fsp3) is 0.222. The first-order chi connectivity index (χ1) is 11.6. The molecule has 1 atom stereocenters. The van der Waals surface area contributed by atoms with Gasteiger partial charge in [0.15, 0.2) is 0 Å². The average molecular weight is 328 g/mol. The molecule has 2 rings (SSSR count). The van der Waals surface area contributed by atoms with Gasteiger partial charge in [-0.3, -0.25) is 4.79 Å². The summed E-state index contributed by atoms with van der Waals surface area (Å²) in [5.74, 6) is -0.547. The zero-order valence-corrected chi connectivity index (χ0v) is 13.1. The van der Waals surface area contributed by atoms with Crippen molar-refractivity contribution in [2.24, 2.45) is 5.73 Å². The molecule has 2 aromatic carbocycles. The van der Waals surface area contributed by atoms with Crippen LogP contribution < -0.4 is 11.1 Å². The normalized spacial score (nSPS) is 11.5. The molecule has 0 unspecified atom stereocenters. The molecule has 0 heterocycles. The molecule has 4 N–H and O–H groups in total. The van der Waals surface area contributed by atoms with Gasteiger partial charge in [0.05, 0.1) is 12.6 Å². The lowest BCUT2D eigenvalue weighted by atomic mass is 10.0. The van der Waals surface area contributed by atoms with Gasteiger partial charge in [-0.15, -0.1) is 0 Å². The Labute approximate surface area is 140 Å². The Morgan fingerprint density at radius 2 is 1.75 bits per heavy atom. The van der Waals surface area contributed by atoms with Crippen LogP contribution in [-0.4, -0.2) is 29.8 Å². The van der Waals surface area contributed by atoms with E-state index in [1.807, 2.05) is 30.3 Å². The third-order valence-electron chi connectivity index (χ3n) is 3.50. The maximum atomic E-state index is 11.9. The van der Waals surface area contributed by atoms with Crippen LogP contribution in [0.3, 0.4) is 0 Å². The minimum absolute atomic E-state index is 0.142. The SMILES string of the molecule is NC(=O)c1ccccc1C[C@@H](CO)NC(=O)OCc1ccccc1. The first-order valence-corrected chi connectivity index (χ1v) is 7.56. The van der Waals surface area contributed by atoms with Crippen molar-refractivity contribution in [1.82, 2.24) is 5.32 Å². The fourth-order valence-electron chi connectivity index (χ4n) is 2.30. The van der Waals surface area contributed by atoms with Gasteiger partial charge in [-0.2, -0.15) is 0 Å². The summed E-state index contributed by atoms with van der Waals surface area (Å²) in [7, 11) is 0. The lowest BCUT2D eigenvalue weighted by molar-refractivity contribution is 0.0999. The largest absolute Gasteiger partial charge is 0.445 e. The van der Waals surface area contributed by atoms with Crippen LogP contribution >= 0.6 is 0 Å². The predicted molar refractivity (Wildman–Crippen MR) is 89.3 cm³/mol. The fourth-order valence-corrected chi connectivity index (χ4v) is 2.30. The molecule has 0 aliphatic rings. The van der Waals surface area contributed by atoms with Gasteiger partial charge in [0.25, 0.3) is 0 Å². The molecule has 2 aromatic rings. The van der Waals surface area contributed by atoms with E-state index < -0.39 is 18.0 Å². The molecule has 0 fully saturated rings. The molecular weight excluding hydrogens is 308 g/mol. The van der Waals surface area contributed by atoms with Crippen molar-refractivity contribution < 1.29 is 19.4 Å². The molecule has 0 bridgehead atoms. The molecule has 0 saturated heterocycles. The Morgan fingerprint density at radius 1 is 1.08 bits per heavy atom. The molecule has 0 radical (unpaired) electrons. The number of hydrogen-bond acceptors (Lipinski definition) is 4. The zero-order valence-electron chi connectivity index (χ0n) is 13.1. The lowest BCUT2D eigenvalue weighted by Gasteiger charge is -2.17. The number of nitrogens with one attached hydrogen (secondary N) is 1. The molecule has 24 heavy (non-hydrogen) atoms. The topological polar surface area (TPSA) is 102 Å². The zero-order chi connectivity index (χ0) is 17.4. The first kappa shape index (κ1) is 17.5. The number of aliphatic hydroxyl groups excluding tert-OH is 1. The van der Waals surface area contributed by atoms with Gasteiger partial charge in [-0.05, 0) is 23.6 Å². The molecule has 0 spiro atoms. The maximum Gasteiger partial charge on any atom is 0.407 e. The van der Waals surface area contributed by atoms with Crippen molar-refractivity contribution in [3.63, 3.8) is 0 Å². The van der Waals surface area contributed by atoms with Crippen molar-refractivity contribution in [2.45, 2.75) is 19.1 Å². The summed E-state index contributed by atoms with van der Waals surface area (Å²) < 4.78 is 5.12. The quantitative estimate of drug-likeness (QED) is 0.718. The Kier molecular flexibility index (Phi) is 6.33. The lowest BCUT2D eigenvalue weighted by Crippen LogP contribution is -2.39. The molecule has 0 aromatic heterocycles. The summed E-state index contributed by atoms with van der Waals surface area (Å²) in [5.41, 5.74) is 7.23. The van der Waals surface area contributed by atoms with Crippen LogP contribution in [0, 0.1) is 0 Å². The monoisotopic (exact) mass is 328 g/mol. The van der Waals surface area contributed by atoms with E-state index in [-0.39, 0.29) is 19.6 Å². The van der Waals surface area contributed by atoms with Crippen LogP contribution in [0.25, 0.3) is 0 Å².